The van der Waals surface area contributed by atoms with E-state index in [1.165, 1.54) is 4.88 Å². The second kappa shape index (κ2) is 4.51. The molecule has 0 aliphatic rings. The van der Waals surface area contributed by atoms with Crippen molar-refractivity contribution in [2.24, 2.45) is 7.05 Å². The van der Waals surface area contributed by atoms with Crippen LogP contribution in [0, 0.1) is 6.92 Å². The molecule has 4 nitrogen and oxygen atoms in total. The Hall–Kier alpha value is -2.14. The first-order valence-electron chi connectivity index (χ1n) is 5.97. The number of pyridine rings is 1. The Morgan fingerprint density at radius 3 is 2.68 bits per heavy atom. The van der Waals surface area contributed by atoms with Crippen molar-refractivity contribution >= 4 is 17.2 Å². The van der Waals surface area contributed by atoms with Gasteiger partial charge in [0, 0.05) is 18.1 Å². The average molecular weight is 270 g/mol. The predicted octanol–water partition coefficient (Wildman–Crippen LogP) is 3.10. The molecule has 5 heteroatoms. The number of rotatable bonds is 2. The quantitative estimate of drug-likeness (QED) is 0.778. The molecule has 0 saturated carbocycles. The van der Waals surface area contributed by atoms with Gasteiger partial charge in [0.1, 0.15) is 11.5 Å². The average Bonchev–Trinajstić information content (AvgIpc) is 2.96. The second-order valence-electron chi connectivity index (χ2n) is 4.36. The molecular formula is C14H14N4S. The summed E-state index contributed by atoms with van der Waals surface area (Å²) in [5, 5.41) is 4.53. The fourth-order valence-electron chi connectivity index (χ4n) is 2.03. The van der Waals surface area contributed by atoms with Crippen LogP contribution in [0.4, 0.5) is 5.82 Å². The van der Waals surface area contributed by atoms with Crippen LogP contribution in [0.1, 0.15) is 4.88 Å². The first kappa shape index (κ1) is 11.9. The highest BCUT2D eigenvalue weighted by atomic mass is 32.1. The normalized spacial score (nSPS) is 10.8. The molecular weight excluding hydrogens is 256 g/mol. The molecule has 3 aromatic heterocycles. The van der Waals surface area contributed by atoms with Crippen molar-refractivity contribution in [3.05, 3.63) is 41.4 Å². The van der Waals surface area contributed by atoms with Gasteiger partial charge >= 0.3 is 0 Å². The first-order valence-corrected chi connectivity index (χ1v) is 6.79. The molecule has 0 aliphatic heterocycles. The van der Waals surface area contributed by atoms with E-state index in [1.807, 2.05) is 25.2 Å². The van der Waals surface area contributed by atoms with E-state index < -0.39 is 0 Å². The van der Waals surface area contributed by atoms with Gasteiger partial charge in [0.15, 0.2) is 0 Å². The molecule has 3 aromatic rings. The number of hydrogen-bond donors (Lipinski definition) is 1. The van der Waals surface area contributed by atoms with Crippen molar-refractivity contribution in [3.63, 3.8) is 0 Å². The molecule has 0 spiro atoms. The van der Waals surface area contributed by atoms with Crippen LogP contribution in [-0.4, -0.2) is 14.8 Å². The lowest BCUT2D eigenvalue weighted by molar-refractivity contribution is 0.783. The monoisotopic (exact) mass is 270 g/mol. The molecule has 3 heterocycles. The summed E-state index contributed by atoms with van der Waals surface area (Å²) < 4.78 is 1.70. The Morgan fingerprint density at radius 1 is 1.21 bits per heavy atom. The minimum Gasteiger partial charge on any atom is -0.383 e. The third kappa shape index (κ3) is 2.02. The smallest absolute Gasteiger partial charge is 0.131 e. The molecule has 96 valence electrons. The van der Waals surface area contributed by atoms with Crippen LogP contribution >= 0.6 is 11.3 Å². The minimum atomic E-state index is 0.639. The molecule has 0 radical (unpaired) electrons. The van der Waals surface area contributed by atoms with Crippen LogP contribution < -0.4 is 5.73 Å². The zero-order valence-electron chi connectivity index (χ0n) is 10.8. The van der Waals surface area contributed by atoms with Gasteiger partial charge in [0.05, 0.1) is 16.1 Å². The molecule has 0 bridgehead atoms. The van der Waals surface area contributed by atoms with Gasteiger partial charge in [0.25, 0.3) is 0 Å². The lowest BCUT2D eigenvalue weighted by Crippen LogP contribution is -1.98. The number of aromatic nitrogens is 3. The van der Waals surface area contributed by atoms with Gasteiger partial charge in [0.2, 0.25) is 0 Å². The summed E-state index contributed by atoms with van der Waals surface area (Å²) >= 11 is 1.71. The maximum Gasteiger partial charge on any atom is 0.131 e. The molecule has 0 saturated heterocycles. The maximum atomic E-state index is 6.14. The molecule has 19 heavy (non-hydrogen) atoms. The zero-order chi connectivity index (χ0) is 13.4. The number of hydrogen-bond acceptors (Lipinski definition) is 4. The maximum absolute atomic E-state index is 6.14. The summed E-state index contributed by atoms with van der Waals surface area (Å²) in [6.45, 7) is 2.08. The number of nitrogens with two attached hydrogens (primary N) is 1. The summed E-state index contributed by atoms with van der Waals surface area (Å²) in [5.41, 5.74) is 8.81. The van der Waals surface area contributed by atoms with Gasteiger partial charge in [-0.3, -0.25) is 9.67 Å². The SMILES string of the molecule is Cc1ccc(-c2nn(C)c(N)c2-c2ccccn2)s1. The van der Waals surface area contributed by atoms with Gasteiger partial charge in [-0.05, 0) is 31.2 Å². The molecule has 0 aliphatic carbocycles. The summed E-state index contributed by atoms with van der Waals surface area (Å²) in [5.74, 6) is 0.639. The van der Waals surface area contributed by atoms with Gasteiger partial charge in [-0.1, -0.05) is 6.07 Å². The molecule has 3 rings (SSSR count). The summed E-state index contributed by atoms with van der Waals surface area (Å²) in [4.78, 5) is 6.76. The van der Waals surface area contributed by atoms with Gasteiger partial charge in [-0.25, -0.2) is 0 Å². The number of thiophene rings is 1. The fourth-order valence-corrected chi connectivity index (χ4v) is 2.89. The number of anilines is 1. The van der Waals surface area contributed by atoms with Crippen LogP contribution in [0.3, 0.4) is 0 Å². The minimum absolute atomic E-state index is 0.639. The van der Waals surface area contributed by atoms with E-state index in [0.717, 1.165) is 21.8 Å². The first-order chi connectivity index (χ1) is 9.16. The highest BCUT2D eigenvalue weighted by Crippen LogP contribution is 2.37. The van der Waals surface area contributed by atoms with Crippen LogP contribution in [0.5, 0.6) is 0 Å². The third-order valence-corrected chi connectivity index (χ3v) is 3.99. The summed E-state index contributed by atoms with van der Waals surface area (Å²) in [6.07, 6.45) is 1.77. The van der Waals surface area contributed by atoms with E-state index in [1.54, 1.807) is 22.2 Å². The van der Waals surface area contributed by atoms with Gasteiger partial charge < -0.3 is 5.73 Å². The molecule has 0 aromatic carbocycles. The second-order valence-corrected chi connectivity index (χ2v) is 5.65. The van der Waals surface area contributed by atoms with Crippen LogP contribution in [0.25, 0.3) is 21.8 Å². The van der Waals surface area contributed by atoms with Crippen LogP contribution in [0.2, 0.25) is 0 Å². The third-order valence-electron chi connectivity index (χ3n) is 2.99. The number of nitrogens with zero attached hydrogens (tertiary/aromatic N) is 3. The van der Waals surface area contributed by atoms with Crippen molar-refractivity contribution < 1.29 is 0 Å². The summed E-state index contributed by atoms with van der Waals surface area (Å²) in [6, 6.07) is 9.97. The zero-order valence-corrected chi connectivity index (χ0v) is 11.6. The van der Waals surface area contributed by atoms with E-state index in [-0.39, 0.29) is 0 Å². The molecule has 0 atom stereocenters. The number of aryl methyl sites for hydroxylation is 2. The van der Waals surface area contributed by atoms with E-state index in [4.69, 9.17) is 5.73 Å². The largest absolute Gasteiger partial charge is 0.383 e. The Morgan fingerprint density at radius 2 is 2.05 bits per heavy atom. The van der Waals surface area contributed by atoms with Crippen molar-refractivity contribution in [3.8, 4) is 21.8 Å². The van der Waals surface area contributed by atoms with E-state index in [9.17, 15) is 0 Å². The van der Waals surface area contributed by atoms with E-state index >= 15 is 0 Å². The Balaban J connectivity index is 2.24. The molecule has 0 amide bonds. The van der Waals surface area contributed by atoms with Crippen molar-refractivity contribution in [1.82, 2.24) is 14.8 Å². The fraction of sp³-hybridized carbons (Fsp3) is 0.143. The van der Waals surface area contributed by atoms with Crippen molar-refractivity contribution in [2.45, 2.75) is 6.92 Å². The lowest BCUT2D eigenvalue weighted by atomic mass is 10.1. The molecule has 0 fully saturated rings. The summed E-state index contributed by atoms with van der Waals surface area (Å²) in [7, 11) is 1.85. The van der Waals surface area contributed by atoms with E-state index in [2.05, 4.69) is 29.1 Å². The standard InChI is InChI=1S/C14H14N4S/c1-9-6-7-11(19-9)13-12(14(15)18(2)17-13)10-5-3-4-8-16-10/h3-8H,15H2,1-2H3. The number of nitrogen functional groups attached to an aromatic ring is 1. The topological polar surface area (TPSA) is 56.7 Å². The van der Waals surface area contributed by atoms with Crippen molar-refractivity contribution in [2.75, 3.05) is 5.73 Å². The van der Waals surface area contributed by atoms with Gasteiger partial charge in [-0.2, -0.15) is 5.10 Å². The Kier molecular flexibility index (Phi) is 2.83. The Bertz CT molecular complexity index is 712. The lowest BCUT2D eigenvalue weighted by Gasteiger charge is -2.01. The highest BCUT2D eigenvalue weighted by Gasteiger charge is 2.19. The molecule has 2 N–H and O–H groups in total. The highest BCUT2D eigenvalue weighted by molar-refractivity contribution is 7.15. The van der Waals surface area contributed by atoms with Crippen LogP contribution in [0.15, 0.2) is 36.5 Å². The van der Waals surface area contributed by atoms with E-state index in [0.29, 0.717) is 5.82 Å². The van der Waals surface area contributed by atoms with Gasteiger partial charge in [-0.15, -0.1) is 11.3 Å². The predicted molar refractivity (Wildman–Crippen MR) is 78.9 cm³/mol. The Labute approximate surface area is 115 Å². The van der Waals surface area contributed by atoms with Crippen LogP contribution in [-0.2, 0) is 7.05 Å². The molecule has 0 unspecified atom stereocenters. The van der Waals surface area contributed by atoms with Crippen molar-refractivity contribution in [1.29, 1.82) is 0 Å².